The maximum Gasteiger partial charge on any atom is 0.238 e. The lowest BCUT2D eigenvalue weighted by molar-refractivity contribution is -0.122. The van der Waals surface area contributed by atoms with Gasteiger partial charge in [0.05, 0.1) is 0 Å². The predicted molar refractivity (Wildman–Crippen MR) is 63.8 cm³/mol. The molecule has 0 unspecified atom stereocenters. The zero-order valence-corrected chi connectivity index (χ0v) is 11.0. The van der Waals surface area contributed by atoms with Crippen LogP contribution in [0.5, 0.6) is 0 Å². The van der Waals surface area contributed by atoms with Crippen LogP contribution < -0.4 is 0 Å². The number of hydrogen-bond donors (Lipinski definition) is 0. The second-order valence-corrected chi connectivity index (χ2v) is 9.55. The smallest absolute Gasteiger partial charge is 0.238 e. The molecule has 0 atom stereocenters. The number of nitrogens with zero attached hydrogens (tertiary/aromatic N) is 2. The molecule has 0 fully saturated rings. The molecule has 1 amide bonds. The van der Waals surface area contributed by atoms with Crippen LogP contribution in [0, 0.1) is 0 Å². The molecule has 0 saturated carbocycles. The van der Waals surface area contributed by atoms with Gasteiger partial charge in [0, 0.05) is 13.1 Å². The van der Waals surface area contributed by atoms with Gasteiger partial charge in [-0.1, -0.05) is 26.2 Å². The molecular formula is C10H22N2OSi. The Kier molecular flexibility index (Phi) is 5.08. The minimum Gasteiger partial charge on any atom is -0.365 e. The van der Waals surface area contributed by atoms with E-state index in [1.807, 2.05) is 18.7 Å². The zero-order chi connectivity index (χ0) is 11.4. The molecule has 0 aliphatic carbocycles. The number of carbonyl (C=O) groups is 1. The first kappa shape index (κ1) is 13.4. The van der Waals surface area contributed by atoms with E-state index in [2.05, 4.69) is 31.1 Å². The van der Waals surface area contributed by atoms with Crippen LogP contribution in [-0.4, -0.2) is 50.8 Å². The molecule has 0 bridgehead atoms. The Morgan fingerprint density at radius 2 is 1.79 bits per heavy atom. The van der Waals surface area contributed by atoms with Gasteiger partial charge in [0.15, 0.2) is 8.24 Å². The molecular weight excluding hydrogens is 192 g/mol. The molecule has 0 aromatic carbocycles. The highest BCUT2D eigenvalue weighted by Crippen LogP contribution is 2.09. The SMILES string of the molecule is C=CC(=O)N(CCN(C)C)[Si](C)(C)C. The van der Waals surface area contributed by atoms with Gasteiger partial charge in [-0.05, 0) is 20.2 Å². The molecule has 4 heteroatoms. The first-order valence-corrected chi connectivity index (χ1v) is 8.32. The van der Waals surface area contributed by atoms with E-state index in [4.69, 9.17) is 0 Å². The van der Waals surface area contributed by atoms with Gasteiger partial charge in [-0.2, -0.15) is 0 Å². The maximum atomic E-state index is 11.6. The number of rotatable bonds is 5. The van der Waals surface area contributed by atoms with Crippen LogP contribution in [0.1, 0.15) is 0 Å². The van der Waals surface area contributed by atoms with Crippen LogP contribution in [0.15, 0.2) is 12.7 Å². The Labute approximate surface area is 88.5 Å². The minimum absolute atomic E-state index is 0.0611. The summed E-state index contributed by atoms with van der Waals surface area (Å²) in [5.41, 5.74) is 0. The Morgan fingerprint density at radius 1 is 1.29 bits per heavy atom. The largest absolute Gasteiger partial charge is 0.365 e. The summed E-state index contributed by atoms with van der Waals surface area (Å²) in [5.74, 6) is 0.0611. The van der Waals surface area contributed by atoms with Crippen molar-refractivity contribution < 1.29 is 4.79 Å². The van der Waals surface area contributed by atoms with E-state index >= 15 is 0 Å². The topological polar surface area (TPSA) is 23.6 Å². The molecule has 3 nitrogen and oxygen atoms in total. The molecule has 14 heavy (non-hydrogen) atoms. The molecule has 0 spiro atoms. The highest BCUT2D eigenvalue weighted by Gasteiger charge is 2.26. The fraction of sp³-hybridized carbons (Fsp3) is 0.700. The third kappa shape index (κ3) is 4.57. The van der Waals surface area contributed by atoms with Crippen molar-refractivity contribution in [2.45, 2.75) is 19.6 Å². The average Bonchev–Trinajstić information content (AvgIpc) is 2.01. The summed E-state index contributed by atoms with van der Waals surface area (Å²) in [6.07, 6.45) is 1.41. The number of amides is 1. The first-order valence-electron chi connectivity index (χ1n) is 4.88. The van der Waals surface area contributed by atoms with Crippen molar-refractivity contribution in [3.63, 3.8) is 0 Å². The van der Waals surface area contributed by atoms with Crippen LogP contribution in [0.25, 0.3) is 0 Å². The molecule has 0 aliphatic rings. The Morgan fingerprint density at radius 3 is 2.07 bits per heavy atom. The van der Waals surface area contributed by atoms with Crippen LogP contribution in [-0.2, 0) is 4.79 Å². The van der Waals surface area contributed by atoms with Crippen molar-refractivity contribution in [2.24, 2.45) is 0 Å². The molecule has 0 heterocycles. The average molecular weight is 214 g/mol. The van der Waals surface area contributed by atoms with Crippen molar-refractivity contribution in [2.75, 3.05) is 27.2 Å². The Balaban J connectivity index is 4.42. The van der Waals surface area contributed by atoms with E-state index in [0.29, 0.717) is 0 Å². The zero-order valence-electron chi connectivity index (χ0n) is 10.0. The molecule has 0 N–H and O–H groups in total. The molecule has 0 aliphatic heterocycles. The summed E-state index contributed by atoms with van der Waals surface area (Å²) in [6.45, 7) is 11.8. The molecule has 0 rings (SSSR count). The van der Waals surface area contributed by atoms with Crippen LogP contribution >= 0.6 is 0 Å². The standard InChI is InChI=1S/C10H22N2OSi/c1-7-10(13)12(14(4,5)6)9-8-11(2)3/h7H,1,8-9H2,2-6H3. The van der Waals surface area contributed by atoms with Crippen LogP contribution in [0.4, 0.5) is 0 Å². The second-order valence-electron chi connectivity index (χ2n) is 4.67. The lowest BCUT2D eigenvalue weighted by Gasteiger charge is -2.34. The normalized spacial score (nSPS) is 11.6. The molecule has 0 radical (unpaired) electrons. The third-order valence-electron chi connectivity index (χ3n) is 2.02. The monoisotopic (exact) mass is 214 g/mol. The van der Waals surface area contributed by atoms with Gasteiger partial charge in [0.2, 0.25) is 5.91 Å². The molecule has 82 valence electrons. The molecule has 0 aromatic heterocycles. The van der Waals surface area contributed by atoms with Crippen LogP contribution in [0.2, 0.25) is 19.6 Å². The lowest BCUT2D eigenvalue weighted by Crippen LogP contribution is -2.51. The summed E-state index contributed by atoms with van der Waals surface area (Å²) < 4.78 is 1.97. The van der Waals surface area contributed by atoms with Gasteiger partial charge in [0.1, 0.15) is 0 Å². The van der Waals surface area contributed by atoms with E-state index < -0.39 is 8.24 Å². The Bertz CT molecular complexity index is 209. The van der Waals surface area contributed by atoms with Gasteiger partial charge >= 0.3 is 0 Å². The van der Waals surface area contributed by atoms with Crippen molar-refractivity contribution >= 4 is 14.1 Å². The quantitative estimate of drug-likeness (QED) is 0.510. The summed E-state index contributed by atoms with van der Waals surface area (Å²) >= 11 is 0. The Hall–Kier alpha value is -0.613. The highest BCUT2D eigenvalue weighted by atomic mass is 28.3. The minimum atomic E-state index is -1.55. The van der Waals surface area contributed by atoms with Gasteiger partial charge < -0.3 is 9.47 Å². The first-order chi connectivity index (χ1) is 6.29. The summed E-state index contributed by atoms with van der Waals surface area (Å²) in [4.78, 5) is 13.7. The van der Waals surface area contributed by atoms with E-state index in [-0.39, 0.29) is 5.91 Å². The second kappa shape index (κ2) is 5.31. The number of carbonyl (C=O) groups excluding carboxylic acids is 1. The van der Waals surface area contributed by atoms with Crippen molar-refractivity contribution in [3.8, 4) is 0 Å². The molecule has 0 saturated heterocycles. The fourth-order valence-corrected chi connectivity index (χ4v) is 2.71. The van der Waals surface area contributed by atoms with E-state index in [1.165, 1.54) is 6.08 Å². The van der Waals surface area contributed by atoms with Crippen molar-refractivity contribution in [3.05, 3.63) is 12.7 Å². The van der Waals surface area contributed by atoms with E-state index in [1.54, 1.807) is 0 Å². The summed E-state index contributed by atoms with van der Waals surface area (Å²) in [5, 5.41) is 0. The van der Waals surface area contributed by atoms with E-state index in [0.717, 1.165) is 13.1 Å². The number of hydrogen-bond acceptors (Lipinski definition) is 2. The highest BCUT2D eigenvalue weighted by molar-refractivity contribution is 6.75. The lowest BCUT2D eigenvalue weighted by atomic mass is 10.5. The summed E-state index contributed by atoms with van der Waals surface area (Å²) in [6, 6.07) is 0. The van der Waals surface area contributed by atoms with E-state index in [9.17, 15) is 4.79 Å². The predicted octanol–water partition coefficient (Wildman–Crippen LogP) is 1.40. The number of likely N-dealkylation sites (N-methyl/N-ethyl adjacent to an activating group) is 1. The maximum absolute atomic E-state index is 11.6. The van der Waals surface area contributed by atoms with Gasteiger partial charge in [-0.15, -0.1) is 0 Å². The van der Waals surface area contributed by atoms with Crippen LogP contribution in [0.3, 0.4) is 0 Å². The summed E-state index contributed by atoms with van der Waals surface area (Å²) in [7, 11) is 2.48. The van der Waals surface area contributed by atoms with Gasteiger partial charge in [0.25, 0.3) is 0 Å². The third-order valence-corrected chi connectivity index (χ3v) is 4.08. The molecule has 0 aromatic rings. The van der Waals surface area contributed by atoms with Crippen molar-refractivity contribution in [1.29, 1.82) is 0 Å². The fourth-order valence-electron chi connectivity index (χ4n) is 1.19. The van der Waals surface area contributed by atoms with Gasteiger partial charge in [-0.25, -0.2) is 0 Å². The van der Waals surface area contributed by atoms with Gasteiger partial charge in [-0.3, -0.25) is 4.79 Å². The van der Waals surface area contributed by atoms with Crippen molar-refractivity contribution in [1.82, 2.24) is 9.47 Å².